The van der Waals surface area contributed by atoms with Crippen molar-refractivity contribution in [3.05, 3.63) is 34.4 Å². The average Bonchev–Trinajstić information content (AvgIpc) is 2.83. The number of aromatic nitrogens is 3. The normalized spacial score (nSPS) is 11.8. The Labute approximate surface area is 120 Å². The summed E-state index contributed by atoms with van der Waals surface area (Å²) < 4.78 is 24.4. The lowest BCUT2D eigenvalue weighted by molar-refractivity contribution is -0.384. The van der Waals surface area contributed by atoms with Gasteiger partial charge < -0.3 is 0 Å². The number of hydrogen-bond donors (Lipinski definition) is 1. The van der Waals surface area contributed by atoms with Gasteiger partial charge in [0, 0.05) is 23.7 Å². The number of rotatable bonds is 4. The van der Waals surface area contributed by atoms with Crippen molar-refractivity contribution in [1.29, 1.82) is 0 Å². The number of nitrogens with zero attached hydrogens (tertiary/aromatic N) is 4. The molecule has 0 saturated heterocycles. The van der Waals surface area contributed by atoms with Crippen molar-refractivity contribution in [2.24, 2.45) is 5.14 Å². The lowest BCUT2D eigenvalue weighted by atomic mass is 10.2. The third kappa shape index (κ3) is 2.90. The molecule has 0 radical (unpaired) electrons. The van der Waals surface area contributed by atoms with Crippen molar-refractivity contribution < 1.29 is 13.3 Å². The van der Waals surface area contributed by atoms with E-state index >= 15 is 0 Å². The van der Waals surface area contributed by atoms with E-state index in [1.165, 1.54) is 22.8 Å². The number of hydrogen-bond acceptors (Lipinski definition) is 6. The van der Waals surface area contributed by atoms with Gasteiger partial charge in [0.15, 0.2) is 5.82 Å². The molecular formula is C11H13N5O4S. The minimum Gasteiger partial charge on any atom is -0.294 e. The van der Waals surface area contributed by atoms with Gasteiger partial charge in [-0.3, -0.25) is 14.7 Å². The molecule has 0 amide bonds. The first-order valence-corrected chi connectivity index (χ1v) is 7.49. The van der Waals surface area contributed by atoms with Crippen LogP contribution < -0.4 is 5.14 Å². The topological polar surface area (TPSA) is 134 Å². The van der Waals surface area contributed by atoms with Crippen LogP contribution in [-0.2, 0) is 10.0 Å². The molecule has 10 heteroatoms. The maximum atomic E-state index is 11.5. The second-order valence-electron chi connectivity index (χ2n) is 4.62. The second-order valence-corrected chi connectivity index (χ2v) is 6.08. The molecule has 0 aliphatic carbocycles. The Bertz CT molecular complexity index is 797. The summed E-state index contributed by atoms with van der Waals surface area (Å²) >= 11 is 0. The van der Waals surface area contributed by atoms with E-state index in [1.807, 2.05) is 0 Å². The second kappa shape index (κ2) is 5.22. The summed E-state index contributed by atoms with van der Waals surface area (Å²) in [6.07, 6.45) is 0. The minimum absolute atomic E-state index is 0.122. The van der Waals surface area contributed by atoms with Gasteiger partial charge in [-0.15, -0.1) is 10.2 Å². The molecule has 2 N–H and O–H groups in total. The SMILES string of the molecule is CC(C)n1c(-c2cccc([N+](=O)[O-])c2)nnc1S(N)(=O)=O. The van der Waals surface area contributed by atoms with Crippen LogP contribution in [0, 0.1) is 10.1 Å². The van der Waals surface area contributed by atoms with E-state index in [9.17, 15) is 18.5 Å². The molecule has 0 saturated carbocycles. The largest absolute Gasteiger partial charge is 0.294 e. The van der Waals surface area contributed by atoms with Gasteiger partial charge in [0.25, 0.3) is 20.9 Å². The molecule has 1 aromatic carbocycles. The first-order chi connectivity index (χ1) is 9.71. The summed E-state index contributed by atoms with van der Waals surface area (Å²) in [5.41, 5.74) is 0.267. The number of nitro groups is 1. The quantitative estimate of drug-likeness (QED) is 0.663. The third-order valence-electron chi connectivity index (χ3n) is 2.75. The zero-order valence-corrected chi connectivity index (χ0v) is 12.1. The maximum absolute atomic E-state index is 11.5. The monoisotopic (exact) mass is 311 g/mol. The third-order valence-corrected chi connectivity index (χ3v) is 3.54. The first-order valence-electron chi connectivity index (χ1n) is 5.94. The van der Waals surface area contributed by atoms with Gasteiger partial charge in [-0.25, -0.2) is 13.6 Å². The van der Waals surface area contributed by atoms with Gasteiger partial charge >= 0.3 is 0 Å². The Morgan fingerprint density at radius 2 is 2.00 bits per heavy atom. The zero-order valence-electron chi connectivity index (χ0n) is 11.3. The van der Waals surface area contributed by atoms with Crippen LogP contribution in [0.1, 0.15) is 19.9 Å². The van der Waals surface area contributed by atoms with Gasteiger partial charge in [-0.05, 0) is 13.8 Å². The molecule has 0 atom stereocenters. The molecule has 1 heterocycles. The summed E-state index contributed by atoms with van der Waals surface area (Å²) in [6.45, 7) is 3.47. The molecule has 0 spiro atoms. The molecule has 9 nitrogen and oxygen atoms in total. The maximum Gasteiger partial charge on any atom is 0.273 e. The van der Waals surface area contributed by atoms with Crippen molar-refractivity contribution in [3.8, 4) is 11.4 Å². The molecular weight excluding hydrogens is 298 g/mol. The van der Waals surface area contributed by atoms with Gasteiger partial charge in [0.2, 0.25) is 0 Å². The highest BCUT2D eigenvalue weighted by Gasteiger charge is 2.24. The predicted molar refractivity (Wildman–Crippen MR) is 73.9 cm³/mol. The Morgan fingerprint density at radius 1 is 1.33 bits per heavy atom. The number of sulfonamides is 1. The smallest absolute Gasteiger partial charge is 0.273 e. The molecule has 0 aliphatic heterocycles. The van der Waals surface area contributed by atoms with E-state index in [1.54, 1.807) is 19.9 Å². The van der Waals surface area contributed by atoms with Crippen LogP contribution in [0.25, 0.3) is 11.4 Å². The number of nitro benzene ring substituents is 1. The Morgan fingerprint density at radius 3 is 2.52 bits per heavy atom. The highest BCUT2D eigenvalue weighted by Crippen LogP contribution is 2.26. The van der Waals surface area contributed by atoms with Crippen LogP contribution in [0.2, 0.25) is 0 Å². The highest BCUT2D eigenvalue weighted by atomic mass is 32.2. The van der Waals surface area contributed by atoms with Crippen LogP contribution in [0.15, 0.2) is 29.4 Å². The van der Waals surface area contributed by atoms with E-state index in [0.717, 1.165) is 0 Å². The first kappa shape index (κ1) is 15.1. The predicted octanol–water partition coefficient (Wildman–Crippen LogP) is 1.08. The standard InChI is InChI=1S/C11H13N5O4S/c1-7(2)15-10(13-14-11(15)21(12,19)20)8-4-3-5-9(6-8)16(17)18/h3-7H,1-2H3,(H2,12,19,20). The number of benzene rings is 1. The molecule has 0 bridgehead atoms. The lowest BCUT2D eigenvalue weighted by Crippen LogP contribution is -2.20. The van der Waals surface area contributed by atoms with Crippen molar-refractivity contribution in [3.63, 3.8) is 0 Å². The summed E-state index contributed by atoms with van der Waals surface area (Å²) in [4.78, 5) is 10.3. The summed E-state index contributed by atoms with van der Waals surface area (Å²) in [5.74, 6) is 0.206. The molecule has 112 valence electrons. The van der Waals surface area contributed by atoms with E-state index in [4.69, 9.17) is 5.14 Å². The summed E-state index contributed by atoms with van der Waals surface area (Å²) in [6, 6.07) is 5.42. The van der Waals surface area contributed by atoms with E-state index in [2.05, 4.69) is 10.2 Å². The van der Waals surface area contributed by atoms with Crippen LogP contribution in [0.4, 0.5) is 5.69 Å². The fourth-order valence-corrected chi connectivity index (χ4v) is 2.62. The molecule has 2 aromatic rings. The van der Waals surface area contributed by atoms with Crippen LogP contribution in [-0.4, -0.2) is 28.1 Å². The minimum atomic E-state index is -4.04. The van der Waals surface area contributed by atoms with E-state index in [-0.39, 0.29) is 22.7 Å². The van der Waals surface area contributed by atoms with Crippen molar-refractivity contribution in [2.75, 3.05) is 0 Å². The fraction of sp³-hybridized carbons (Fsp3) is 0.273. The lowest BCUT2D eigenvalue weighted by Gasteiger charge is -2.12. The Kier molecular flexibility index (Phi) is 3.75. The molecule has 0 aliphatic rings. The molecule has 21 heavy (non-hydrogen) atoms. The zero-order chi connectivity index (χ0) is 15.8. The van der Waals surface area contributed by atoms with Crippen LogP contribution >= 0.6 is 0 Å². The van der Waals surface area contributed by atoms with Crippen LogP contribution in [0.3, 0.4) is 0 Å². The average molecular weight is 311 g/mol. The Balaban J connectivity index is 2.68. The number of nitrogens with two attached hydrogens (primary N) is 1. The number of non-ortho nitro benzene ring substituents is 1. The molecule has 0 fully saturated rings. The van der Waals surface area contributed by atoms with Crippen molar-refractivity contribution in [1.82, 2.24) is 14.8 Å². The van der Waals surface area contributed by atoms with Gasteiger partial charge in [-0.1, -0.05) is 12.1 Å². The Hall–Kier alpha value is -2.33. The summed E-state index contributed by atoms with van der Waals surface area (Å²) in [7, 11) is -4.04. The van der Waals surface area contributed by atoms with E-state index < -0.39 is 14.9 Å². The highest BCUT2D eigenvalue weighted by molar-refractivity contribution is 7.89. The van der Waals surface area contributed by atoms with Gasteiger partial charge in [0.05, 0.1) is 4.92 Å². The van der Waals surface area contributed by atoms with E-state index in [0.29, 0.717) is 5.56 Å². The van der Waals surface area contributed by atoms with Gasteiger partial charge in [0.1, 0.15) is 0 Å². The molecule has 2 rings (SSSR count). The molecule has 1 aromatic heterocycles. The summed E-state index contributed by atoms with van der Waals surface area (Å²) in [5, 5.41) is 22.9. The van der Waals surface area contributed by atoms with Crippen molar-refractivity contribution in [2.45, 2.75) is 25.0 Å². The molecule has 0 unspecified atom stereocenters. The van der Waals surface area contributed by atoms with Crippen molar-refractivity contribution >= 4 is 15.7 Å². The number of primary sulfonamides is 1. The van der Waals surface area contributed by atoms with Gasteiger partial charge in [-0.2, -0.15) is 0 Å². The van der Waals surface area contributed by atoms with Crippen LogP contribution in [0.5, 0.6) is 0 Å². The fourth-order valence-electron chi connectivity index (χ4n) is 1.89.